The molecule has 0 bridgehead atoms. The Morgan fingerprint density at radius 2 is 0.462 bits per heavy atom. The van der Waals surface area contributed by atoms with Gasteiger partial charge in [-0.2, -0.15) is 0 Å². The predicted octanol–water partition coefficient (Wildman–Crippen LogP) is 25.6. The summed E-state index contributed by atoms with van der Waals surface area (Å²) in [6.07, 6.45) is 15.1. The molecule has 10 nitrogen and oxygen atoms in total. The van der Waals surface area contributed by atoms with E-state index in [1.165, 1.54) is 50.1 Å². The summed E-state index contributed by atoms with van der Waals surface area (Å²) in [5.41, 5.74) is 23.3. The van der Waals surface area contributed by atoms with Gasteiger partial charge in [0.1, 0.15) is 12.6 Å². The van der Waals surface area contributed by atoms with E-state index in [2.05, 4.69) is 247 Å². The zero-order valence-corrected chi connectivity index (χ0v) is 61.6. The number of aryl methyl sites for hydroxylation is 2. The van der Waals surface area contributed by atoms with Gasteiger partial charge in [0.15, 0.2) is 0 Å². The van der Waals surface area contributed by atoms with Crippen molar-refractivity contribution in [2.24, 2.45) is 0 Å². The molecule has 0 fully saturated rings. The number of anilines is 6. The predicted molar refractivity (Wildman–Crippen MR) is 435 cm³/mol. The number of rotatable bonds is 28. The highest BCUT2D eigenvalue weighted by Gasteiger charge is 2.26. The number of carbonyl (C=O) groups excluding carboxylic acids is 2. The second kappa shape index (κ2) is 38.4. The third kappa shape index (κ3) is 22.3. The molecule has 104 heavy (non-hydrogen) atoms. The molecule has 0 aromatic heterocycles. The van der Waals surface area contributed by atoms with Crippen LogP contribution in [-0.2, 0) is 39.5 Å². The first kappa shape index (κ1) is 75.8. The molecule has 12 rings (SSSR count). The summed E-state index contributed by atoms with van der Waals surface area (Å²) >= 11 is 0. The fourth-order valence-electron chi connectivity index (χ4n) is 11.5. The average Bonchev–Trinajstić information content (AvgIpc) is 0.809. The molecule has 12 aromatic carbocycles. The fraction of sp³-hybridized carbons (Fsp3) is 0.130. The highest BCUT2D eigenvalue weighted by Crippen LogP contribution is 2.52. The summed E-state index contributed by atoms with van der Waals surface area (Å²) in [5, 5.41) is 0. The lowest BCUT2D eigenvalue weighted by atomic mass is 10.0. The minimum Gasteiger partial charge on any atom is -0.311 e. The number of hydrogen-bond donors (Lipinski definition) is 0. The van der Waals surface area contributed by atoms with Crippen LogP contribution in [0.5, 0.6) is 0 Å². The first-order chi connectivity index (χ1) is 50.7. The summed E-state index contributed by atoms with van der Waals surface area (Å²) in [6.45, 7) is 12.8. The molecule has 0 aliphatic carbocycles. The maximum atomic E-state index is 12.7. The van der Waals surface area contributed by atoms with Crippen molar-refractivity contribution in [1.29, 1.82) is 0 Å². The second-order valence-electron chi connectivity index (χ2n) is 24.6. The molecule has 524 valence electrons. The topological polar surface area (TPSA) is 112 Å². The summed E-state index contributed by atoms with van der Waals surface area (Å²) in [7, 11) is -6.23. The summed E-state index contributed by atoms with van der Waals surface area (Å²) < 4.78 is 46.9. The lowest BCUT2D eigenvalue weighted by Gasteiger charge is -2.26. The molecule has 0 spiro atoms. The van der Waals surface area contributed by atoms with E-state index in [1.54, 1.807) is 52.0 Å². The molecular weight excluding hydrogens is 1320 g/mol. The van der Waals surface area contributed by atoms with Crippen LogP contribution in [0.1, 0.15) is 104 Å². The molecule has 0 unspecified atom stereocenters. The minimum atomic E-state index is -3.12. The molecule has 12 aromatic rings. The van der Waals surface area contributed by atoms with E-state index in [9.17, 15) is 18.7 Å². The van der Waals surface area contributed by atoms with Crippen LogP contribution in [-0.4, -0.2) is 39.0 Å². The number of hydrogen-bond acceptors (Lipinski definition) is 10. The first-order valence-corrected chi connectivity index (χ1v) is 38.5. The average molecular weight is 1410 g/mol. The van der Waals surface area contributed by atoms with Crippen molar-refractivity contribution < 1.29 is 36.8 Å². The molecule has 0 heterocycles. The van der Waals surface area contributed by atoms with Crippen molar-refractivity contribution in [3.05, 3.63) is 370 Å². The number of nitrogens with zero attached hydrogens (tertiary/aromatic N) is 2. The third-order valence-corrected chi connectivity index (χ3v) is 21.0. The van der Waals surface area contributed by atoms with Crippen molar-refractivity contribution in [3.63, 3.8) is 0 Å². The quantitative estimate of drug-likeness (QED) is 0.0267. The van der Waals surface area contributed by atoms with Crippen molar-refractivity contribution >= 4 is 98.3 Å². The van der Waals surface area contributed by atoms with E-state index >= 15 is 0 Å². The first-order valence-electron chi connectivity index (χ1n) is 35.1. The van der Waals surface area contributed by atoms with Gasteiger partial charge in [0.25, 0.3) is 0 Å². The Balaban J connectivity index is 0.000000183. The van der Waals surface area contributed by atoms with Gasteiger partial charge in [-0.05, 0) is 205 Å². The monoisotopic (exact) mass is 1410 g/mol. The minimum absolute atomic E-state index is 0.248. The summed E-state index contributed by atoms with van der Waals surface area (Å²) in [6, 6.07) is 103. The molecule has 0 radical (unpaired) electrons. The molecule has 12 heteroatoms. The molecule has 0 amide bonds. The Morgan fingerprint density at radius 3 is 0.692 bits per heavy atom. The Hall–Kier alpha value is -10.9. The van der Waals surface area contributed by atoms with Gasteiger partial charge >= 0.3 is 15.2 Å². The van der Waals surface area contributed by atoms with Gasteiger partial charge in [-0.3, -0.25) is 18.7 Å². The maximum Gasteiger partial charge on any atom is 0.335 e. The Labute approximate surface area is 614 Å². The van der Waals surface area contributed by atoms with Gasteiger partial charge in [-0.25, -0.2) is 0 Å². The van der Waals surface area contributed by atoms with Crippen LogP contribution >= 0.6 is 15.2 Å². The van der Waals surface area contributed by atoms with Gasteiger partial charge in [0, 0.05) is 45.3 Å². The van der Waals surface area contributed by atoms with E-state index in [0.717, 1.165) is 74.5 Å². The van der Waals surface area contributed by atoms with Crippen LogP contribution < -0.4 is 9.80 Å². The Bertz CT molecular complexity index is 4670. The van der Waals surface area contributed by atoms with Gasteiger partial charge in [0.2, 0.25) is 0 Å². The van der Waals surface area contributed by atoms with Gasteiger partial charge < -0.3 is 27.9 Å². The number of benzene rings is 12. The van der Waals surface area contributed by atoms with Crippen molar-refractivity contribution in [1.82, 2.24) is 0 Å². The normalized spacial score (nSPS) is 11.4. The third-order valence-electron chi connectivity index (χ3n) is 16.9. The molecule has 0 aliphatic rings. The van der Waals surface area contributed by atoms with Crippen molar-refractivity contribution in [3.8, 4) is 22.3 Å². The van der Waals surface area contributed by atoms with Crippen LogP contribution in [0.4, 0.5) is 34.1 Å². The molecule has 0 saturated carbocycles. The standard InChI is InChI=1S/C49H39N.C22H32O6P2.C21H17NO2/c1-38-12-32-47(33-13-38)50(48-34-24-43(25-35-48)17-15-40-10-6-3-7-11-40)49-36-26-44(27-37-49)19-18-42-22-30-46(31-23-42)45-28-20-41(21-29-45)16-14-39-8-4-2-5-9-39;1-5-25-29(23,26-6-2)17-19-9-13-21(14-10-19)22-15-11-20(12-16-22)18-30(24,27-7-3)28-8-4;1-16-2-8-19(9-3-16)22(20-10-4-17(14-23)5-11-20)21-12-6-18(15-24)7-13-21/h2-37H,1H3;9-16H,5-8,17-18H2,1-4H3;2-15H,1H3. The Kier molecular flexibility index (Phi) is 28.0. The van der Waals surface area contributed by atoms with Crippen LogP contribution in [0.25, 0.3) is 58.7 Å². The van der Waals surface area contributed by atoms with Gasteiger partial charge in [-0.1, -0.05) is 254 Å². The smallest absolute Gasteiger partial charge is 0.311 e. The van der Waals surface area contributed by atoms with E-state index in [-0.39, 0.29) is 12.3 Å². The van der Waals surface area contributed by atoms with Crippen LogP contribution in [0.15, 0.2) is 303 Å². The largest absolute Gasteiger partial charge is 0.335 e. The number of carbonyl (C=O) groups is 2. The summed E-state index contributed by atoms with van der Waals surface area (Å²) in [4.78, 5) is 26.2. The van der Waals surface area contributed by atoms with E-state index in [1.807, 2.05) is 91.9 Å². The lowest BCUT2D eigenvalue weighted by Crippen LogP contribution is -2.10. The van der Waals surface area contributed by atoms with Crippen LogP contribution in [0.3, 0.4) is 0 Å². The highest BCUT2D eigenvalue weighted by atomic mass is 31.2. The Morgan fingerprint density at radius 1 is 0.260 bits per heavy atom. The number of aldehydes is 2. The van der Waals surface area contributed by atoms with Gasteiger partial charge in [0.05, 0.1) is 38.8 Å². The van der Waals surface area contributed by atoms with Crippen molar-refractivity contribution in [2.45, 2.75) is 53.9 Å². The van der Waals surface area contributed by atoms with E-state index < -0.39 is 15.2 Å². The van der Waals surface area contributed by atoms with E-state index in [4.69, 9.17) is 18.1 Å². The van der Waals surface area contributed by atoms with Gasteiger partial charge in [-0.15, -0.1) is 0 Å². The van der Waals surface area contributed by atoms with Crippen LogP contribution in [0.2, 0.25) is 0 Å². The van der Waals surface area contributed by atoms with Crippen LogP contribution in [0, 0.1) is 13.8 Å². The molecule has 0 aliphatic heterocycles. The van der Waals surface area contributed by atoms with Crippen molar-refractivity contribution in [2.75, 3.05) is 36.2 Å². The lowest BCUT2D eigenvalue weighted by molar-refractivity contribution is 0.111. The fourth-order valence-corrected chi connectivity index (χ4v) is 14.9. The zero-order chi connectivity index (χ0) is 72.9. The maximum absolute atomic E-state index is 12.7. The molecule has 0 saturated heterocycles. The molecule has 0 N–H and O–H groups in total. The molecular formula is C92H88N2O8P2. The zero-order valence-electron chi connectivity index (χ0n) is 59.8. The summed E-state index contributed by atoms with van der Waals surface area (Å²) in [5.74, 6) is 0. The second-order valence-corrected chi connectivity index (χ2v) is 28.7. The van der Waals surface area contributed by atoms with E-state index in [0.29, 0.717) is 37.6 Å². The molecule has 0 atom stereocenters. The highest BCUT2D eigenvalue weighted by molar-refractivity contribution is 7.53. The SMILES string of the molecule is CCOP(=O)(Cc1ccc(-c2ccc(CP(=O)(OCC)OCC)cc2)cc1)OCC.Cc1ccc(N(c2ccc(C=Cc3ccccc3)cc2)c2ccc(C=Cc3ccc(-c4ccc(C=Cc5ccccc5)cc4)cc3)cc2)cc1.Cc1ccc(N(c2ccc(C=O)cc2)c2ccc(C=O)cc2)cc1.